The Labute approximate surface area is 154 Å². The van der Waals surface area contributed by atoms with Crippen LogP contribution in [0.5, 0.6) is 0 Å². The molecule has 0 aliphatic carbocycles. The van der Waals surface area contributed by atoms with Gasteiger partial charge in [-0.2, -0.15) is 0 Å². The van der Waals surface area contributed by atoms with Crippen LogP contribution in [0.25, 0.3) is 0 Å². The zero-order valence-electron chi connectivity index (χ0n) is 15.9. The second-order valence-corrected chi connectivity index (χ2v) is 8.22. The van der Waals surface area contributed by atoms with Crippen LogP contribution >= 0.6 is 0 Å². The van der Waals surface area contributed by atoms with Gasteiger partial charge in [-0.1, -0.05) is 0 Å². The molecule has 0 aromatic carbocycles. The average Bonchev–Trinajstić information content (AvgIpc) is 2.57. The molecule has 1 spiro atoms. The van der Waals surface area contributed by atoms with E-state index in [2.05, 4.69) is 9.88 Å². The lowest BCUT2D eigenvalue weighted by molar-refractivity contribution is -0.0434. The Bertz CT molecular complexity index is 665. The third-order valence-corrected chi connectivity index (χ3v) is 5.02. The summed E-state index contributed by atoms with van der Waals surface area (Å²) in [6.45, 7) is 8.99. The van der Waals surface area contributed by atoms with Gasteiger partial charge in [0.15, 0.2) is 0 Å². The maximum Gasteiger partial charge on any atom is 0.410 e. The molecule has 142 valence electrons. The van der Waals surface area contributed by atoms with E-state index in [1.165, 1.54) is 7.11 Å². The van der Waals surface area contributed by atoms with Crippen molar-refractivity contribution in [1.29, 1.82) is 0 Å². The molecular formula is C19H27N3O4. The molecule has 3 rings (SSSR count). The summed E-state index contributed by atoms with van der Waals surface area (Å²) in [5, 5.41) is 0. The fourth-order valence-electron chi connectivity index (χ4n) is 3.56. The molecule has 0 saturated carbocycles. The number of hydrogen-bond donors (Lipinski definition) is 0. The summed E-state index contributed by atoms with van der Waals surface area (Å²) in [6, 6.07) is 3.60. The third-order valence-electron chi connectivity index (χ3n) is 5.02. The maximum absolute atomic E-state index is 12.1. The van der Waals surface area contributed by atoms with E-state index in [1.54, 1.807) is 17.2 Å². The summed E-state index contributed by atoms with van der Waals surface area (Å²) in [4.78, 5) is 32.0. The van der Waals surface area contributed by atoms with Gasteiger partial charge in [-0.15, -0.1) is 0 Å². The number of rotatable bonds is 2. The predicted molar refractivity (Wildman–Crippen MR) is 97.3 cm³/mol. The molecule has 7 heteroatoms. The standard InChI is InChI=1S/C19H27N3O4/c1-18(2,3)26-17(24)22-12-19(13-22)7-9-21(10-8-19)15-6-5-14(11-20-15)16(23)25-4/h5-6,11H,7-10,12-13H2,1-4H3. The summed E-state index contributed by atoms with van der Waals surface area (Å²) in [6.07, 6.45) is 3.38. The molecule has 1 aromatic heterocycles. The van der Waals surface area contributed by atoms with Gasteiger partial charge in [0.1, 0.15) is 11.4 Å². The minimum absolute atomic E-state index is 0.208. The van der Waals surface area contributed by atoms with Gasteiger partial charge in [0.2, 0.25) is 0 Å². The summed E-state index contributed by atoms with van der Waals surface area (Å²) in [5.74, 6) is 0.495. The van der Waals surface area contributed by atoms with Crippen LogP contribution in [0.1, 0.15) is 44.0 Å². The van der Waals surface area contributed by atoms with E-state index < -0.39 is 5.60 Å². The summed E-state index contributed by atoms with van der Waals surface area (Å²) in [5.41, 5.74) is 0.210. The number of carbonyl (C=O) groups excluding carboxylic acids is 2. The van der Waals surface area contributed by atoms with Gasteiger partial charge in [-0.05, 0) is 45.7 Å². The molecule has 0 unspecified atom stereocenters. The number of piperidine rings is 1. The van der Waals surface area contributed by atoms with Crippen molar-refractivity contribution in [3.63, 3.8) is 0 Å². The lowest BCUT2D eigenvalue weighted by Gasteiger charge is -2.53. The molecular weight excluding hydrogens is 334 g/mol. The molecule has 26 heavy (non-hydrogen) atoms. The van der Waals surface area contributed by atoms with E-state index in [4.69, 9.17) is 9.47 Å². The molecule has 7 nitrogen and oxygen atoms in total. The summed E-state index contributed by atoms with van der Waals surface area (Å²) in [7, 11) is 1.36. The first-order chi connectivity index (χ1) is 12.2. The highest BCUT2D eigenvalue weighted by Crippen LogP contribution is 2.41. The second-order valence-electron chi connectivity index (χ2n) is 8.22. The maximum atomic E-state index is 12.1. The number of esters is 1. The summed E-state index contributed by atoms with van der Waals surface area (Å²) >= 11 is 0. The minimum atomic E-state index is -0.453. The van der Waals surface area contributed by atoms with Gasteiger partial charge >= 0.3 is 12.1 Å². The van der Waals surface area contributed by atoms with Crippen LogP contribution < -0.4 is 4.90 Å². The molecule has 3 heterocycles. The number of ether oxygens (including phenoxy) is 2. The van der Waals surface area contributed by atoms with Crippen LogP contribution in [0.2, 0.25) is 0 Å². The van der Waals surface area contributed by atoms with Gasteiger partial charge in [-0.25, -0.2) is 14.6 Å². The first kappa shape index (κ1) is 18.5. The molecule has 0 radical (unpaired) electrons. The van der Waals surface area contributed by atoms with Crippen molar-refractivity contribution >= 4 is 17.9 Å². The van der Waals surface area contributed by atoms with Crippen LogP contribution in [-0.4, -0.2) is 60.8 Å². The molecule has 2 saturated heterocycles. The van der Waals surface area contributed by atoms with Crippen LogP contribution in [-0.2, 0) is 9.47 Å². The second kappa shape index (κ2) is 6.78. The number of methoxy groups -OCH3 is 1. The van der Waals surface area contributed by atoms with E-state index in [9.17, 15) is 9.59 Å². The van der Waals surface area contributed by atoms with Crippen molar-refractivity contribution in [2.75, 3.05) is 38.2 Å². The quantitative estimate of drug-likeness (QED) is 0.754. The number of carbonyl (C=O) groups is 2. The van der Waals surface area contributed by atoms with E-state index in [-0.39, 0.29) is 17.5 Å². The van der Waals surface area contributed by atoms with Crippen LogP contribution in [0.3, 0.4) is 0 Å². The number of amides is 1. The lowest BCUT2D eigenvalue weighted by atomic mass is 9.72. The smallest absolute Gasteiger partial charge is 0.410 e. The predicted octanol–water partition coefficient (Wildman–Crippen LogP) is 2.71. The van der Waals surface area contributed by atoms with Crippen LogP contribution in [0.15, 0.2) is 18.3 Å². The largest absolute Gasteiger partial charge is 0.465 e. The number of nitrogens with zero attached hydrogens (tertiary/aromatic N) is 3. The highest BCUT2D eigenvalue weighted by atomic mass is 16.6. The normalized spacial score (nSPS) is 19.1. The first-order valence-electron chi connectivity index (χ1n) is 8.99. The van der Waals surface area contributed by atoms with Gasteiger partial charge in [0, 0.05) is 37.8 Å². The van der Waals surface area contributed by atoms with Gasteiger partial charge in [-0.3, -0.25) is 0 Å². The molecule has 0 N–H and O–H groups in total. The van der Waals surface area contributed by atoms with Crippen molar-refractivity contribution in [3.05, 3.63) is 23.9 Å². The van der Waals surface area contributed by atoms with Crippen LogP contribution in [0, 0.1) is 5.41 Å². The average molecular weight is 361 g/mol. The molecule has 0 atom stereocenters. The third kappa shape index (κ3) is 3.92. The van der Waals surface area contributed by atoms with E-state index in [1.807, 2.05) is 26.8 Å². The SMILES string of the molecule is COC(=O)c1ccc(N2CCC3(CC2)CN(C(=O)OC(C)(C)C)C3)nc1. The molecule has 1 amide bonds. The molecule has 1 aromatic rings. The molecule has 2 aliphatic rings. The number of anilines is 1. The fourth-order valence-corrected chi connectivity index (χ4v) is 3.56. The zero-order valence-corrected chi connectivity index (χ0v) is 15.9. The Hall–Kier alpha value is -2.31. The van der Waals surface area contributed by atoms with Gasteiger partial charge in [0.25, 0.3) is 0 Å². The number of aromatic nitrogens is 1. The molecule has 2 fully saturated rings. The number of hydrogen-bond acceptors (Lipinski definition) is 6. The van der Waals surface area contributed by atoms with Crippen molar-refractivity contribution in [2.45, 2.75) is 39.2 Å². The van der Waals surface area contributed by atoms with Gasteiger partial charge < -0.3 is 19.3 Å². The highest BCUT2D eigenvalue weighted by molar-refractivity contribution is 5.89. The van der Waals surface area contributed by atoms with Crippen molar-refractivity contribution < 1.29 is 19.1 Å². The Morgan fingerprint density at radius 3 is 2.31 bits per heavy atom. The van der Waals surface area contributed by atoms with Gasteiger partial charge in [0.05, 0.1) is 12.7 Å². The first-order valence-corrected chi connectivity index (χ1v) is 8.99. The monoisotopic (exact) mass is 361 g/mol. The Morgan fingerprint density at radius 1 is 1.15 bits per heavy atom. The number of likely N-dealkylation sites (tertiary alicyclic amines) is 1. The minimum Gasteiger partial charge on any atom is -0.465 e. The van der Waals surface area contributed by atoms with Crippen molar-refractivity contribution in [1.82, 2.24) is 9.88 Å². The topological polar surface area (TPSA) is 72.0 Å². The van der Waals surface area contributed by atoms with Crippen molar-refractivity contribution in [3.8, 4) is 0 Å². The number of pyridine rings is 1. The zero-order chi connectivity index (χ0) is 18.9. The Kier molecular flexibility index (Phi) is 4.82. The molecule has 0 bridgehead atoms. The Balaban J connectivity index is 1.51. The van der Waals surface area contributed by atoms with E-state index >= 15 is 0 Å². The highest BCUT2D eigenvalue weighted by Gasteiger charge is 2.47. The van der Waals surface area contributed by atoms with E-state index in [0.29, 0.717) is 5.56 Å². The van der Waals surface area contributed by atoms with E-state index in [0.717, 1.165) is 44.8 Å². The summed E-state index contributed by atoms with van der Waals surface area (Å²) < 4.78 is 10.1. The lowest BCUT2D eigenvalue weighted by Crippen LogP contribution is -2.62. The fraction of sp³-hybridized carbons (Fsp3) is 0.632. The Morgan fingerprint density at radius 2 is 1.81 bits per heavy atom. The molecule has 2 aliphatic heterocycles. The van der Waals surface area contributed by atoms with Crippen LogP contribution in [0.4, 0.5) is 10.6 Å². The van der Waals surface area contributed by atoms with Crippen molar-refractivity contribution in [2.24, 2.45) is 5.41 Å².